The van der Waals surface area contributed by atoms with Gasteiger partial charge in [-0.15, -0.1) is 0 Å². The van der Waals surface area contributed by atoms with Gasteiger partial charge < -0.3 is 30.9 Å². The summed E-state index contributed by atoms with van der Waals surface area (Å²) in [6.07, 6.45) is 0.287. The number of allylic oxidation sites excluding steroid dienone is 1. The van der Waals surface area contributed by atoms with Crippen LogP contribution in [-0.2, 0) is 27.4 Å². The predicted molar refractivity (Wildman–Crippen MR) is 114 cm³/mol. The Hall–Kier alpha value is -3.21. The molecule has 0 saturated heterocycles. The Morgan fingerprint density at radius 1 is 1.24 bits per heavy atom. The van der Waals surface area contributed by atoms with Gasteiger partial charge in [-0.1, -0.05) is 6.07 Å². The molecule has 0 spiro atoms. The maximum absolute atomic E-state index is 13.5. The number of aliphatic hydroxyl groups is 3. The summed E-state index contributed by atoms with van der Waals surface area (Å²) in [6.45, 7) is 0.200. The second-order valence-corrected chi connectivity index (χ2v) is 8.99. The number of aromatic hydroxyl groups is 1. The van der Waals surface area contributed by atoms with E-state index in [1.807, 2.05) is 0 Å². The number of phenolic OH excluding ortho intramolecular Hbond substituents is 1. The van der Waals surface area contributed by atoms with Gasteiger partial charge in [-0.3, -0.25) is 19.3 Å². The van der Waals surface area contributed by atoms with Crippen LogP contribution in [0.3, 0.4) is 0 Å². The van der Waals surface area contributed by atoms with Crippen LogP contribution < -0.4 is 5.73 Å². The van der Waals surface area contributed by atoms with Crippen molar-refractivity contribution in [2.75, 3.05) is 21.2 Å². The monoisotopic (exact) mass is 458 g/mol. The lowest BCUT2D eigenvalue weighted by Gasteiger charge is -2.50. The van der Waals surface area contributed by atoms with Crippen LogP contribution in [0.5, 0.6) is 5.75 Å². The van der Waals surface area contributed by atoms with Gasteiger partial charge in [0.15, 0.2) is 11.4 Å². The predicted octanol–water partition coefficient (Wildman–Crippen LogP) is 0.267. The van der Waals surface area contributed by atoms with E-state index in [4.69, 9.17) is 10.5 Å². The second kappa shape index (κ2) is 7.68. The van der Waals surface area contributed by atoms with Crippen LogP contribution in [0.15, 0.2) is 34.8 Å². The maximum Gasteiger partial charge on any atom is 0.255 e. The number of ketones is 2. The van der Waals surface area contributed by atoms with Gasteiger partial charge >= 0.3 is 0 Å². The zero-order chi connectivity index (χ0) is 24.4. The van der Waals surface area contributed by atoms with Crippen molar-refractivity contribution in [2.45, 2.75) is 31.1 Å². The number of rotatable bonds is 4. The molecule has 0 heterocycles. The minimum Gasteiger partial charge on any atom is -0.510 e. The Kier molecular flexibility index (Phi) is 5.35. The summed E-state index contributed by atoms with van der Waals surface area (Å²) in [5, 5.41) is 43.8. The molecule has 10 nitrogen and oxygen atoms in total. The van der Waals surface area contributed by atoms with Crippen LogP contribution >= 0.6 is 0 Å². The van der Waals surface area contributed by atoms with Gasteiger partial charge in [0.25, 0.3) is 5.91 Å². The van der Waals surface area contributed by atoms with E-state index >= 15 is 0 Å². The van der Waals surface area contributed by atoms with Crippen molar-refractivity contribution in [1.82, 2.24) is 4.90 Å². The van der Waals surface area contributed by atoms with Gasteiger partial charge in [0.05, 0.1) is 18.2 Å². The lowest BCUT2D eigenvalue weighted by molar-refractivity contribution is -0.148. The number of fused-ring (bicyclic) bond motifs is 3. The zero-order valence-electron chi connectivity index (χ0n) is 18.5. The number of benzene rings is 1. The molecule has 0 saturated carbocycles. The van der Waals surface area contributed by atoms with Crippen LogP contribution in [-0.4, -0.2) is 75.6 Å². The second-order valence-electron chi connectivity index (χ2n) is 8.99. The van der Waals surface area contributed by atoms with E-state index in [9.17, 15) is 34.8 Å². The molecule has 10 heteroatoms. The molecule has 4 unspecified atom stereocenters. The number of hydrogen-bond donors (Lipinski definition) is 5. The first-order valence-corrected chi connectivity index (χ1v) is 10.4. The maximum atomic E-state index is 13.5. The molecule has 3 aliphatic carbocycles. The lowest BCUT2D eigenvalue weighted by Crippen LogP contribution is -2.63. The number of hydrogen-bond acceptors (Lipinski definition) is 9. The number of aliphatic hydroxyl groups excluding tert-OH is 2. The highest BCUT2D eigenvalue weighted by molar-refractivity contribution is 6.24. The summed E-state index contributed by atoms with van der Waals surface area (Å²) >= 11 is 0. The highest BCUT2D eigenvalue weighted by Crippen LogP contribution is 2.52. The van der Waals surface area contributed by atoms with Crippen molar-refractivity contribution in [3.63, 3.8) is 0 Å². The standard InChI is InChI=1S/C23H26N2O8/c1-25(2)17-12-7-10-6-11-9(8-33-3)4-5-13(26)15(11)18(27)14(10)20(29)23(12,32)21(30)16(19(17)28)22(24)31/h4-5,10,12,17,26,28-29,32H,6-8H2,1-3H3,(H2,24,31). The fraction of sp³-hybridized carbons (Fsp3) is 0.435. The minimum atomic E-state index is -2.63. The van der Waals surface area contributed by atoms with Crippen molar-refractivity contribution < 1.29 is 39.5 Å². The van der Waals surface area contributed by atoms with E-state index in [1.54, 1.807) is 20.2 Å². The highest BCUT2D eigenvalue weighted by atomic mass is 16.5. The molecule has 1 amide bonds. The molecule has 6 N–H and O–H groups in total. The van der Waals surface area contributed by atoms with Gasteiger partial charge in [-0.25, -0.2) is 0 Å². The number of ether oxygens (including phenoxy) is 1. The van der Waals surface area contributed by atoms with Crippen LogP contribution in [0, 0.1) is 11.8 Å². The number of primary amides is 1. The van der Waals surface area contributed by atoms with Crippen molar-refractivity contribution in [3.8, 4) is 5.75 Å². The number of methoxy groups -OCH3 is 1. The van der Waals surface area contributed by atoms with Crippen LogP contribution in [0.1, 0.15) is 27.9 Å². The number of amides is 1. The molecule has 4 rings (SSSR count). The normalized spacial score (nSPS) is 29.2. The van der Waals surface area contributed by atoms with Gasteiger partial charge in [-0.05, 0) is 50.0 Å². The van der Waals surface area contributed by atoms with Crippen LogP contribution in [0.25, 0.3) is 0 Å². The van der Waals surface area contributed by atoms with E-state index in [-0.39, 0.29) is 36.3 Å². The number of Topliss-reactive ketones (excluding diaryl/α,β-unsaturated/α-hetero) is 2. The van der Waals surface area contributed by atoms with Crippen LogP contribution in [0.2, 0.25) is 0 Å². The summed E-state index contributed by atoms with van der Waals surface area (Å²) in [4.78, 5) is 40.1. The summed E-state index contributed by atoms with van der Waals surface area (Å²) in [5.41, 5.74) is 2.90. The molecule has 3 aliphatic rings. The molecular formula is C23H26N2O8. The molecule has 0 fully saturated rings. The molecule has 33 heavy (non-hydrogen) atoms. The lowest BCUT2D eigenvalue weighted by atomic mass is 9.58. The first-order valence-electron chi connectivity index (χ1n) is 10.4. The largest absolute Gasteiger partial charge is 0.510 e. The van der Waals surface area contributed by atoms with E-state index in [1.165, 1.54) is 18.1 Å². The first kappa shape index (κ1) is 23.0. The average molecular weight is 458 g/mol. The average Bonchev–Trinajstić information content (AvgIpc) is 2.72. The Bertz CT molecular complexity index is 1150. The van der Waals surface area contributed by atoms with Gasteiger partial charge in [-0.2, -0.15) is 0 Å². The SMILES string of the molecule is COCc1ccc(O)c2c1CC1CC3C(N(C)C)C(O)=C(C(N)=O)C(=O)C3(O)C(O)=C1C2=O. The number of carbonyl (C=O) groups excluding carboxylic acids is 3. The molecule has 1 aromatic rings. The molecule has 0 aromatic heterocycles. The van der Waals surface area contributed by atoms with Crippen molar-refractivity contribution in [3.05, 3.63) is 51.5 Å². The summed E-state index contributed by atoms with van der Waals surface area (Å²) < 4.78 is 5.21. The number of carbonyl (C=O) groups is 3. The van der Waals surface area contributed by atoms with Gasteiger partial charge in [0.2, 0.25) is 5.78 Å². The zero-order valence-corrected chi connectivity index (χ0v) is 18.5. The Morgan fingerprint density at radius 3 is 2.48 bits per heavy atom. The summed E-state index contributed by atoms with van der Waals surface area (Å²) in [5.74, 6) is -6.63. The van der Waals surface area contributed by atoms with Crippen molar-refractivity contribution in [2.24, 2.45) is 17.6 Å². The molecule has 4 atom stereocenters. The fourth-order valence-electron chi connectivity index (χ4n) is 5.61. The molecular weight excluding hydrogens is 432 g/mol. The smallest absolute Gasteiger partial charge is 0.255 e. The Labute approximate surface area is 189 Å². The van der Waals surface area contributed by atoms with Crippen LogP contribution in [0.4, 0.5) is 0 Å². The summed E-state index contributed by atoms with van der Waals surface area (Å²) in [6, 6.07) is 1.99. The molecule has 0 aliphatic heterocycles. The van der Waals surface area contributed by atoms with Gasteiger partial charge in [0.1, 0.15) is 22.8 Å². The Balaban J connectivity index is 1.96. The van der Waals surface area contributed by atoms with Crippen molar-refractivity contribution >= 4 is 17.5 Å². The first-order chi connectivity index (χ1) is 15.5. The third-order valence-electron chi connectivity index (χ3n) is 7.00. The molecule has 0 radical (unpaired) electrons. The highest BCUT2D eigenvalue weighted by Gasteiger charge is 2.63. The van der Waals surface area contributed by atoms with E-state index < -0.39 is 58.0 Å². The number of phenols is 1. The van der Waals surface area contributed by atoms with E-state index in [0.29, 0.717) is 11.1 Å². The Morgan fingerprint density at radius 2 is 1.91 bits per heavy atom. The van der Waals surface area contributed by atoms with Crippen molar-refractivity contribution in [1.29, 1.82) is 0 Å². The molecule has 176 valence electrons. The third kappa shape index (κ3) is 3.01. The summed E-state index contributed by atoms with van der Waals surface area (Å²) in [7, 11) is 4.67. The number of nitrogens with two attached hydrogens (primary N) is 1. The minimum absolute atomic E-state index is 0.0228. The number of nitrogens with zero attached hydrogens (tertiary/aromatic N) is 1. The number of likely N-dealkylation sites (N-methyl/N-ethyl adjacent to an activating group) is 1. The van der Waals surface area contributed by atoms with E-state index in [0.717, 1.165) is 0 Å². The molecule has 0 bridgehead atoms. The van der Waals surface area contributed by atoms with E-state index in [2.05, 4.69) is 0 Å². The van der Waals surface area contributed by atoms with Gasteiger partial charge in [0, 0.05) is 18.6 Å². The quantitative estimate of drug-likeness (QED) is 0.397. The topological polar surface area (TPSA) is 171 Å². The third-order valence-corrected chi connectivity index (χ3v) is 7.00. The fourth-order valence-corrected chi connectivity index (χ4v) is 5.61. The molecule has 1 aromatic carbocycles.